The normalized spacial score (nSPS) is 21.7. The van der Waals surface area contributed by atoms with Crippen LogP contribution in [0.25, 0.3) is 0 Å². The van der Waals surface area contributed by atoms with E-state index in [0.29, 0.717) is 5.56 Å². The maximum absolute atomic E-state index is 13.9. The second-order valence-electron chi connectivity index (χ2n) is 8.39. The van der Waals surface area contributed by atoms with Crippen LogP contribution in [-0.4, -0.2) is 63.8 Å². The highest BCUT2D eigenvalue weighted by molar-refractivity contribution is 6.33. The van der Waals surface area contributed by atoms with Crippen LogP contribution in [0, 0.1) is 0 Å². The Kier molecular flexibility index (Phi) is 6.69. The van der Waals surface area contributed by atoms with Crippen molar-refractivity contribution in [2.45, 2.75) is 37.7 Å². The van der Waals surface area contributed by atoms with E-state index in [1.807, 2.05) is 0 Å². The lowest BCUT2D eigenvalue weighted by Crippen LogP contribution is -2.48. The molecule has 2 aliphatic rings. The van der Waals surface area contributed by atoms with Crippen LogP contribution in [0.1, 0.15) is 18.9 Å². The topological polar surface area (TPSA) is 109 Å². The Hall–Kier alpha value is -3.25. The average molecular weight is 546 g/mol. The Bertz CT molecular complexity index is 1190. The zero-order valence-corrected chi connectivity index (χ0v) is 20.3. The molecule has 2 aliphatic heterocycles. The minimum absolute atomic E-state index is 0.0248. The summed E-state index contributed by atoms with van der Waals surface area (Å²) in [6.07, 6.45) is -4.81. The van der Waals surface area contributed by atoms with E-state index in [-0.39, 0.29) is 41.9 Å². The van der Waals surface area contributed by atoms with Crippen molar-refractivity contribution in [2.75, 3.05) is 18.0 Å². The molecule has 0 spiro atoms. The monoisotopic (exact) mass is 545 g/mol. The van der Waals surface area contributed by atoms with Gasteiger partial charge in [0.1, 0.15) is 21.6 Å². The second kappa shape index (κ2) is 9.32. The maximum Gasteiger partial charge on any atom is 0.573 e. The minimum atomic E-state index is -4.85. The van der Waals surface area contributed by atoms with Gasteiger partial charge in [-0.05, 0) is 36.8 Å². The van der Waals surface area contributed by atoms with Gasteiger partial charge in [0.2, 0.25) is 0 Å². The van der Waals surface area contributed by atoms with Crippen LogP contribution < -0.4 is 15.4 Å². The van der Waals surface area contributed by atoms with Gasteiger partial charge in [-0.2, -0.15) is 0 Å². The first-order chi connectivity index (χ1) is 16.8. The summed E-state index contributed by atoms with van der Waals surface area (Å²) in [5.74, 6) is -1.02. The quantitative estimate of drug-likeness (QED) is 0.432. The smallest absolute Gasteiger partial charge is 0.406 e. The number of hydrogen-bond acceptors (Lipinski definition) is 5. The number of rotatable bonds is 6. The highest BCUT2D eigenvalue weighted by Gasteiger charge is 2.63. The number of aromatic nitrogens is 1. The summed E-state index contributed by atoms with van der Waals surface area (Å²) >= 11 is 12.0. The third kappa shape index (κ3) is 4.74. The molecule has 192 valence electrons. The number of pyridine rings is 1. The number of halogens is 5. The predicted molar refractivity (Wildman–Crippen MR) is 124 cm³/mol. The number of alkyl halides is 3. The fourth-order valence-electron chi connectivity index (χ4n) is 4.83. The number of imide groups is 1. The molecular formula is C22H20Cl2F3N5O4. The molecule has 2 saturated heterocycles. The van der Waals surface area contributed by atoms with Crippen LogP contribution in [0.4, 0.5) is 28.4 Å². The van der Waals surface area contributed by atoms with Crippen molar-refractivity contribution in [3.8, 4) is 5.75 Å². The van der Waals surface area contributed by atoms with Crippen molar-refractivity contribution in [3.63, 3.8) is 0 Å². The Morgan fingerprint density at radius 1 is 1.22 bits per heavy atom. The number of benzene rings is 1. The van der Waals surface area contributed by atoms with Crippen LogP contribution in [0.15, 0.2) is 36.4 Å². The number of carbonyl (C=O) groups excluding carboxylic acids is 3. The number of anilines is 1. The van der Waals surface area contributed by atoms with Gasteiger partial charge in [0.05, 0.1) is 11.7 Å². The summed E-state index contributed by atoms with van der Waals surface area (Å²) in [6, 6.07) is 5.76. The Morgan fingerprint density at radius 3 is 2.36 bits per heavy atom. The third-order valence-corrected chi connectivity index (χ3v) is 6.62. The summed E-state index contributed by atoms with van der Waals surface area (Å²) in [4.78, 5) is 46.9. The van der Waals surface area contributed by atoms with Crippen LogP contribution in [0.3, 0.4) is 0 Å². The average Bonchev–Trinajstić information content (AvgIpc) is 3.21. The standard InChI is InChI=1S/C22H20Cl2F3N5O4/c1-2-30(19(28)34)14-10-21(9-12-3-5-15(6-4-12)36-22(25,26)27)18(33)32(20(35)31(21)11-14)13-7-16(23)29-17(24)8-13/h3-8,14H,2,9-11H2,1H3,(H2,28,34)/t14-,21+/m0/s1. The molecule has 2 aromatic rings. The summed E-state index contributed by atoms with van der Waals surface area (Å²) in [7, 11) is 0. The molecule has 2 atom stereocenters. The van der Waals surface area contributed by atoms with E-state index in [0.717, 1.165) is 17.0 Å². The van der Waals surface area contributed by atoms with Crippen LogP contribution in [-0.2, 0) is 11.2 Å². The number of urea groups is 2. The molecule has 2 N–H and O–H groups in total. The van der Waals surface area contributed by atoms with E-state index >= 15 is 0 Å². The van der Waals surface area contributed by atoms with Crippen LogP contribution >= 0.6 is 23.2 Å². The lowest BCUT2D eigenvalue weighted by atomic mass is 9.86. The highest BCUT2D eigenvalue weighted by atomic mass is 35.5. The van der Waals surface area contributed by atoms with E-state index in [4.69, 9.17) is 28.9 Å². The third-order valence-electron chi connectivity index (χ3n) is 6.23. The van der Waals surface area contributed by atoms with Crippen molar-refractivity contribution < 1.29 is 32.3 Å². The SMILES string of the molecule is CCN(C(N)=O)[C@@H]1CN2C(=O)N(c3cc(Cl)nc(Cl)c3)C(=O)[C@@]2(Cc2ccc(OC(F)(F)F)cc2)C1. The van der Waals surface area contributed by atoms with Crippen LogP contribution in [0.2, 0.25) is 10.3 Å². The molecular weight excluding hydrogens is 526 g/mol. The first-order valence-electron chi connectivity index (χ1n) is 10.7. The lowest BCUT2D eigenvalue weighted by Gasteiger charge is -2.29. The number of primary amides is 1. The van der Waals surface area contributed by atoms with Crippen LogP contribution in [0.5, 0.6) is 5.75 Å². The molecule has 1 aromatic carbocycles. The molecule has 14 heteroatoms. The molecule has 0 unspecified atom stereocenters. The number of fused-ring (bicyclic) bond motifs is 1. The number of hydrogen-bond donors (Lipinski definition) is 1. The predicted octanol–water partition coefficient (Wildman–Crippen LogP) is 4.21. The number of ether oxygens (including phenoxy) is 1. The first kappa shape index (κ1) is 25.8. The maximum atomic E-state index is 13.9. The molecule has 36 heavy (non-hydrogen) atoms. The van der Waals surface area contributed by atoms with Crippen molar-refractivity contribution in [1.29, 1.82) is 0 Å². The Morgan fingerprint density at radius 2 is 1.83 bits per heavy atom. The van der Waals surface area contributed by atoms with Crippen molar-refractivity contribution in [3.05, 3.63) is 52.3 Å². The number of amides is 5. The summed E-state index contributed by atoms with van der Waals surface area (Å²) in [6.45, 7) is 2.01. The van der Waals surface area contributed by atoms with Gasteiger partial charge in [0.25, 0.3) is 5.91 Å². The van der Waals surface area contributed by atoms with Gasteiger partial charge in [-0.15, -0.1) is 13.2 Å². The molecule has 0 aliphatic carbocycles. The molecule has 0 saturated carbocycles. The van der Waals surface area contributed by atoms with E-state index in [1.165, 1.54) is 34.1 Å². The highest BCUT2D eigenvalue weighted by Crippen LogP contribution is 2.44. The molecule has 3 heterocycles. The van der Waals surface area contributed by atoms with Gasteiger partial charge in [-0.25, -0.2) is 19.5 Å². The second-order valence-corrected chi connectivity index (χ2v) is 9.16. The Balaban J connectivity index is 1.72. The summed E-state index contributed by atoms with van der Waals surface area (Å²) < 4.78 is 41.5. The van der Waals surface area contributed by atoms with Gasteiger partial charge in [-0.3, -0.25) is 4.79 Å². The largest absolute Gasteiger partial charge is 0.573 e. The van der Waals surface area contributed by atoms with Crippen molar-refractivity contribution in [1.82, 2.24) is 14.8 Å². The molecule has 5 amide bonds. The van der Waals surface area contributed by atoms with E-state index in [9.17, 15) is 27.6 Å². The number of nitrogens with two attached hydrogens (primary N) is 1. The molecule has 0 radical (unpaired) electrons. The van der Waals surface area contributed by atoms with E-state index < -0.39 is 41.7 Å². The van der Waals surface area contributed by atoms with Gasteiger partial charge in [0.15, 0.2) is 0 Å². The van der Waals surface area contributed by atoms with Crippen molar-refractivity contribution in [2.24, 2.45) is 5.73 Å². The molecule has 1 aromatic heterocycles. The molecule has 2 fully saturated rings. The van der Waals surface area contributed by atoms with E-state index in [2.05, 4.69) is 9.72 Å². The fraction of sp³-hybridized carbons (Fsp3) is 0.364. The molecule has 0 bridgehead atoms. The van der Waals surface area contributed by atoms with Gasteiger partial charge >= 0.3 is 18.4 Å². The first-order valence-corrected chi connectivity index (χ1v) is 11.5. The molecule has 4 rings (SSSR count). The van der Waals surface area contributed by atoms with Gasteiger partial charge < -0.3 is 20.3 Å². The molecule has 9 nitrogen and oxygen atoms in total. The Labute approximate surface area is 213 Å². The zero-order chi connectivity index (χ0) is 26.4. The fourth-order valence-corrected chi connectivity index (χ4v) is 5.28. The number of likely N-dealkylation sites (N-methyl/N-ethyl adjacent to an activating group) is 1. The number of carbonyl (C=O) groups is 3. The summed E-state index contributed by atoms with van der Waals surface area (Å²) in [5, 5.41) is -0.0496. The lowest BCUT2D eigenvalue weighted by molar-refractivity contribution is -0.274. The van der Waals surface area contributed by atoms with Crippen molar-refractivity contribution >= 4 is 46.9 Å². The summed E-state index contributed by atoms with van der Waals surface area (Å²) in [5.41, 5.74) is 4.68. The number of nitrogens with zero attached hydrogens (tertiary/aromatic N) is 4. The van der Waals surface area contributed by atoms with E-state index in [1.54, 1.807) is 6.92 Å². The van der Waals surface area contributed by atoms with Gasteiger partial charge in [0, 0.05) is 25.9 Å². The zero-order valence-electron chi connectivity index (χ0n) is 18.8. The van der Waals surface area contributed by atoms with Gasteiger partial charge in [-0.1, -0.05) is 35.3 Å². The minimum Gasteiger partial charge on any atom is -0.406 e.